The Morgan fingerprint density at radius 2 is 1.10 bits per heavy atom. The molecule has 0 bridgehead atoms. The van der Waals surface area contributed by atoms with Gasteiger partial charge in [-0.1, -0.05) is 27.7 Å². The third-order valence-corrected chi connectivity index (χ3v) is 2.72. The van der Waals surface area contributed by atoms with Gasteiger partial charge in [0.1, 0.15) is 6.10 Å². The van der Waals surface area contributed by atoms with Crippen LogP contribution in [0.15, 0.2) is 0 Å². The van der Waals surface area contributed by atoms with E-state index in [9.17, 15) is 9.59 Å². The molecular weight excluding hydrogens is 266 g/mol. The summed E-state index contributed by atoms with van der Waals surface area (Å²) >= 11 is 0. The highest BCUT2D eigenvalue weighted by Crippen LogP contribution is 2.06. The van der Waals surface area contributed by atoms with Crippen LogP contribution in [-0.2, 0) is 9.59 Å². The summed E-state index contributed by atoms with van der Waals surface area (Å²) in [6.07, 6.45) is -4.66. The summed E-state index contributed by atoms with van der Waals surface area (Å²) in [5, 5.41) is 35.9. The molecule has 20 heavy (non-hydrogen) atoms. The normalized spacial score (nSPS) is 16.9. The molecule has 0 aromatic rings. The second-order valence-electron chi connectivity index (χ2n) is 5.37. The van der Waals surface area contributed by atoms with Crippen molar-refractivity contribution in [3.63, 3.8) is 0 Å². The Bertz CT molecular complexity index is 275. The fourth-order valence-corrected chi connectivity index (χ4v) is 1.14. The van der Waals surface area contributed by atoms with Crippen LogP contribution in [-0.4, -0.2) is 56.5 Å². The molecule has 0 rings (SSSR count). The number of rotatable bonds is 6. The van der Waals surface area contributed by atoms with Crippen molar-refractivity contribution in [2.24, 2.45) is 17.6 Å². The molecule has 0 aliphatic rings. The molecule has 0 radical (unpaired) electrons. The van der Waals surface area contributed by atoms with E-state index in [0.29, 0.717) is 0 Å². The zero-order chi connectivity index (χ0) is 16.6. The number of aliphatic hydroxyl groups excluding tert-OH is 4. The summed E-state index contributed by atoms with van der Waals surface area (Å²) in [4.78, 5) is 20.7. The van der Waals surface area contributed by atoms with Crippen LogP contribution in [0.2, 0.25) is 0 Å². The number of amides is 1. The molecule has 120 valence electrons. The van der Waals surface area contributed by atoms with Crippen molar-refractivity contribution in [2.75, 3.05) is 0 Å². The maximum absolute atomic E-state index is 10.5. The third kappa shape index (κ3) is 8.21. The molecule has 0 saturated carbocycles. The Morgan fingerprint density at radius 3 is 1.20 bits per heavy atom. The Hall–Kier alpha value is -1.02. The lowest BCUT2D eigenvalue weighted by Gasteiger charge is -2.17. The van der Waals surface area contributed by atoms with E-state index in [1.165, 1.54) is 6.92 Å². The first-order valence-corrected chi connectivity index (χ1v) is 6.45. The number of hydrogen-bond acceptors (Lipinski definition) is 6. The standard InChI is InChI=1S/C7H14O3.C6H13NO3/c1-4(2)6(9)7(10)5(3)8;1-3(2)4(8)5(9)6(7)10/h4,6-7,9-10H,1-3H3;3-5,8-9H,1-2H3,(H2,7,10)/t6-,7-;4-,5+/m11/s1. The average molecular weight is 293 g/mol. The van der Waals surface area contributed by atoms with Crippen LogP contribution in [0.4, 0.5) is 0 Å². The van der Waals surface area contributed by atoms with E-state index in [1.54, 1.807) is 27.7 Å². The number of carbonyl (C=O) groups is 2. The van der Waals surface area contributed by atoms with Crippen molar-refractivity contribution >= 4 is 11.7 Å². The van der Waals surface area contributed by atoms with Crippen molar-refractivity contribution in [1.82, 2.24) is 0 Å². The molecule has 0 unspecified atom stereocenters. The summed E-state index contributed by atoms with van der Waals surface area (Å²) in [5.41, 5.74) is 4.73. The minimum atomic E-state index is -1.44. The second kappa shape index (κ2) is 9.82. The predicted octanol–water partition coefficient (Wildman–Crippen LogP) is -1.20. The zero-order valence-electron chi connectivity index (χ0n) is 12.6. The van der Waals surface area contributed by atoms with Gasteiger partial charge in [0.2, 0.25) is 5.91 Å². The van der Waals surface area contributed by atoms with Gasteiger partial charge in [-0.2, -0.15) is 0 Å². The van der Waals surface area contributed by atoms with Crippen molar-refractivity contribution in [3.8, 4) is 0 Å². The topological polar surface area (TPSA) is 141 Å². The quantitative estimate of drug-likeness (QED) is 0.416. The Kier molecular flexibility index (Phi) is 10.4. The highest BCUT2D eigenvalue weighted by Gasteiger charge is 2.24. The van der Waals surface area contributed by atoms with E-state index in [4.69, 9.17) is 26.2 Å². The zero-order valence-corrected chi connectivity index (χ0v) is 12.6. The van der Waals surface area contributed by atoms with Crippen LogP contribution in [0.25, 0.3) is 0 Å². The van der Waals surface area contributed by atoms with E-state index >= 15 is 0 Å². The Morgan fingerprint density at radius 1 is 0.800 bits per heavy atom. The van der Waals surface area contributed by atoms with E-state index < -0.39 is 30.3 Å². The number of Topliss-reactive ketones (excluding diaryl/α,β-unsaturated/α-hetero) is 1. The Labute approximate surface area is 119 Å². The van der Waals surface area contributed by atoms with Crippen molar-refractivity contribution < 1.29 is 30.0 Å². The second-order valence-corrected chi connectivity index (χ2v) is 5.37. The van der Waals surface area contributed by atoms with Gasteiger partial charge >= 0.3 is 0 Å². The molecule has 0 aliphatic heterocycles. The number of carbonyl (C=O) groups excluding carboxylic acids is 2. The van der Waals surface area contributed by atoms with Crippen molar-refractivity contribution in [3.05, 3.63) is 0 Å². The number of primary amides is 1. The van der Waals surface area contributed by atoms with Gasteiger partial charge in [-0.15, -0.1) is 0 Å². The summed E-state index contributed by atoms with van der Waals surface area (Å²) < 4.78 is 0. The highest BCUT2D eigenvalue weighted by atomic mass is 16.3. The number of ketones is 1. The first-order chi connectivity index (χ1) is 8.93. The lowest BCUT2D eigenvalue weighted by atomic mass is 10.00. The number of nitrogens with two attached hydrogens (primary N) is 1. The van der Waals surface area contributed by atoms with Gasteiger partial charge in [0.25, 0.3) is 0 Å². The van der Waals surface area contributed by atoms with Crippen LogP contribution in [0.1, 0.15) is 34.6 Å². The summed E-state index contributed by atoms with van der Waals surface area (Å²) in [6.45, 7) is 8.14. The molecule has 0 aliphatic carbocycles. The van der Waals surface area contributed by atoms with Crippen LogP contribution < -0.4 is 5.73 Å². The molecule has 0 heterocycles. The fraction of sp³-hybridized carbons (Fsp3) is 0.846. The number of aliphatic hydroxyl groups is 4. The van der Waals surface area contributed by atoms with Gasteiger partial charge in [-0.3, -0.25) is 9.59 Å². The van der Waals surface area contributed by atoms with Gasteiger partial charge in [0, 0.05) is 0 Å². The van der Waals surface area contributed by atoms with E-state index in [-0.39, 0.29) is 17.6 Å². The van der Waals surface area contributed by atoms with Crippen LogP contribution in [0.3, 0.4) is 0 Å². The molecule has 0 aromatic carbocycles. The summed E-state index contributed by atoms with van der Waals surface area (Å²) in [6, 6.07) is 0. The maximum atomic E-state index is 10.5. The number of hydrogen-bond donors (Lipinski definition) is 5. The monoisotopic (exact) mass is 293 g/mol. The Balaban J connectivity index is 0. The van der Waals surface area contributed by atoms with Crippen molar-refractivity contribution in [1.29, 1.82) is 0 Å². The van der Waals surface area contributed by atoms with Gasteiger partial charge < -0.3 is 26.2 Å². The van der Waals surface area contributed by atoms with E-state index in [1.807, 2.05) is 0 Å². The lowest BCUT2D eigenvalue weighted by molar-refractivity contribution is -0.133. The lowest BCUT2D eigenvalue weighted by Crippen LogP contribution is -2.41. The summed E-state index contributed by atoms with van der Waals surface area (Å²) in [5.74, 6) is -1.52. The largest absolute Gasteiger partial charge is 0.390 e. The molecule has 0 aromatic heterocycles. The molecular formula is C13H27NO6. The molecule has 6 N–H and O–H groups in total. The molecule has 0 spiro atoms. The van der Waals surface area contributed by atoms with Gasteiger partial charge in [0.15, 0.2) is 11.9 Å². The van der Waals surface area contributed by atoms with E-state index in [0.717, 1.165) is 0 Å². The molecule has 0 fully saturated rings. The van der Waals surface area contributed by atoms with Crippen molar-refractivity contribution in [2.45, 2.75) is 59.0 Å². The SMILES string of the molecule is CC(=O)[C@@H](O)[C@H](O)C(C)C.CC(C)[C@@H](O)[C@H](O)C(N)=O. The van der Waals surface area contributed by atoms with Crippen LogP contribution >= 0.6 is 0 Å². The predicted molar refractivity (Wildman–Crippen MR) is 73.6 cm³/mol. The molecule has 7 heteroatoms. The maximum Gasteiger partial charge on any atom is 0.248 e. The highest BCUT2D eigenvalue weighted by molar-refractivity contribution is 5.80. The fourth-order valence-electron chi connectivity index (χ4n) is 1.14. The first-order valence-electron chi connectivity index (χ1n) is 6.45. The molecule has 0 saturated heterocycles. The van der Waals surface area contributed by atoms with Gasteiger partial charge in [-0.25, -0.2) is 0 Å². The van der Waals surface area contributed by atoms with Crippen LogP contribution in [0, 0.1) is 11.8 Å². The smallest absolute Gasteiger partial charge is 0.248 e. The van der Waals surface area contributed by atoms with E-state index in [2.05, 4.69) is 0 Å². The molecule has 4 atom stereocenters. The van der Waals surface area contributed by atoms with Crippen LogP contribution in [0.5, 0.6) is 0 Å². The summed E-state index contributed by atoms with van der Waals surface area (Å²) in [7, 11) is 0. The minimum Gasteiger partial charge on any atom is -0.390 e. The molecule has 1 amide bonds. The van der Waals surface area contributed by atoms with Gasteiger partial charge in [-0.05, 0) is 18.8 Å². The average Bonchev–Trinajstić information content (AvgIpc) is 2.35. The van der Waals surface area contributed by atoms with Gasteiger partial charge in [0.05, 0.1) is 12.2 Å². The minimum absolute atomic E-state index is 0.0844. The molecule has 7 nitrogen and oxygen atoms in total. The first kappa shape index (κ1) is 21.3. The third-order valence-electron chi connectivity index (χ3n) is 2.72.